The van der Waals surface area contributed by atoms with E-state index < -0.39 is 0 Å². The molecular weight excluding hydrogens is 346 g/mol. The van der Waals surface area contributed by atoms with Gasteiger partial charge in [-0.25, -0.2) is 9.97 Å². The van der Waals surface area contributed by atoms with Crippen LogP contribution in [0.15, 0.2) is 41.9 Å². The van der Waals surface area contributed by atoms with E-state index in [1.54, 1.807) is 11.3 Å². The fourth-order valence-corrected chi connectivity index (χ4v) is 4.24. The third-order valence-electron chi connectivity index (χ3n) is 4.76. The minimum absolute atomic E-state index is 0.592. The number of pyridine rings is 1. The van der Waals surface area contributed by atoms with Gasteiger partial charge in [0.15, 0.2) is 11.5 Å². The number of benzene rings is 1. The predicted octanol–water partition coefficient (Wildman–Crippen LogP) is 4.24. The van der Waals surface area contributed by atoms with Gasteiger partial charge in [0.05, 0.1) is 5.69 Å². The van der Waals surface area contributed by atoms with Crippen LogP contribution in [0.1, 0.15) is 12.8 Å². The van der Waals surface area contributed by atoms with E-state index >= 15 is 0 Å². The van der Waals surface area contributed by atoms with Crippen molar-refractivity contribution < 1.29 is 9.47 Å². The lowest BCUT2D eigenvalue weighted by molar-refractivity contribution is 0.171. The topological polar surface area (TPSA) is 47.5 Å². The van der Waals surface area contributed by atoms with Crippen molar-refractivity contribution in [2.45, 2.75) is 12.8 Å². The summed E-state index contributed by atoms with van der Waals surface area (Å²) in [5, 5.41) is 3.11. The minimum atomic E-state index is 0.592. The molecule has 0 amide bonds. The van der Waals surface area contributed by atoms with E-state index in [1.807, 2.05) is 30.5 Å². The maximum Gasteiger partial charge on any atom is 0.162 e. The van der Waals surface area contributed by atoms with E-state index in [9.17, 15) is 0 Å². The highest BCUT2D eigenvalue weighted by Gasteiger charge is 2.16. The van der Waals surface area contributed by atoms with E-state index in [4.69, 9.17) is 14.5 Å². The molecule has 0 unspecified atom stereocenters. The van der Waals surface area contributed by atoms with Crippen LogP contribution in [-0.2, 0) is 0 Å². The number of rotatable bonds is 3. The van der Waals surface area contributed by atoms with Crippen molar-refractivity contribution in [3.8, 4) is 33.3 Å². The van der Waals surface area contributed by atoms with Crippen LogP contribution in [0.5, 0.6) is 11.5 Å². The molecule has 1 fully saturated rings. The van der Waals surface area contributed by atoms with Crippen LogP contribution in [0.3, 0.4) is 0 Å². The number of nitrogens with zero attached hydrogens (tertiary/aromatic N) is 3. The molecule has 5 rings (SSSR count). The Hall–Kier alpha value is -2.60. The second kappa shape index (κ2) is 6.61. The normalized spacial score (nSPS) is 16.1. The van der Waals surface area contributed by atoms with Crippen molar-refractivity contribution in [2.75, 3.05) is 31.2 Å². The second-order valence-electron chi connectivity index (χ2n) is 6.49. The molecule has 6 heteroatoms. The first-order valence-corrected chi connectivity index (χ1v) is 9.82. The first-order chi connectivity index (χ1) is 12.9. The van der Waals surface area contributed by atoms with Crippen molar-refractivity contribution >= 4 is 17.2 Å². The third-order valence-corrected chi connectivity index (χ3v) is 5.66. The Kier molecular flexibility index (Phi) is 3.97. The smallest absolute Gasteiger partial charge is 0.162 e. The molecule has 0 spiro atoms. The maximum atomic E-state index is 5.69. The van der Waals surface area contributed by atoms with Crippen LogP contribution in [0, 0.1) is 0 Å². The van der Waals surface area contributed by atoms with Gasteiger partial charge in [-0.2, -0.15) is 0 Å². The first-order valence-electron chi connectivity index (χ1n) is 8.94. The van der Waals surface area contributed by atoms with Gasteiger partial charge >= 0.3 is 0 Å². The van der Waals surface area contributed by atoms with E-state index in [1.165, 1.54) is 12.8 Å². The van der Waals surface area contributed by atoms with Gasteiger partial charge in [0.2, 0.25) is 0 Å². The van der Waals surface area contributed by atoms with Gasteiger partial charge in [0.1, 0.15) is 24.0 Å². The highest BCUT2D eigenvalue weighted by Crippen LogP contribution is 2.36. The molecule has 26 heavy (non-hydrogen) atoms. The maximum absolute atomic E-state index is 5.69. The summed E-state index contributed by atoms with van der Waals surface area (Å²) in [7, 11) is 0. The Balaban J connectivity index is 1.44. The van der Waals surface area contributed by atoms with Crippen molar-refractivity contribution in [3.63, 3.8) is 0 Å². The Morgan fingerprint density at radius 2 is 1.77 bits per heavy atom. The van der Waals surface area contributed by atoms with E-state index in [-0.39, 0.29) is 0 Å². The summed E-state index contributed by atoms with van der Waals surface area (Å²) in [5.74, 6) is 2.65. The molecule has 3 aromatic rings. The Morgan fingerprint density at radius 1 is 0.923 bits per heavy atom. The molecule has 1 saturated heterocycles. The van der Waals surface area contributed by atoms with Crippen molar-refractivity contribution in [2.24, 2.45) is 0 Å². The minimum Gasteiger partial charge on any atom is -0.486 e. The third kappa shape index (κ3) is 2.90. The van der Waals surface area contributed by atoms with E-state index in [2.05, 4.69) is 21.3 Å². The summed E-state index contributed by atoms with van der Waals surface area (Å²) < 4.78 is 11.3. The number of hydrogen-bond donors (Lipinski definition) is 0. The van der Waals surface area contributed by atoms with Crippen LogP contribution < -0.4 is 14.4 Å². The van der Waals surface area contributed by atoms with Gasteiger partial charge in [-0.1, -0.05) is 0 Å². The first kappa shape index (κ1) is 15.6. The average molecular weight is 365 g/mol. The molecule has 132 valence electrons. The summed E-state index contributed by atoms with van der Waals surface area (Å²) >= 11 is 1.66. The summed E-state index contributed by atoms with van der Waals surface area (Å²) in [4.78, 5) is 11.7. The fourth-order valence-electron chi connectivity index (χ4n) is 3.41. The highest BCUT2D eigenvalue weighted by molar-refractivity contribution is 7.13. The zero-order chi connectivity index (χ0) is 17.3. The number of anilines is 1. The zero-order valence-electron chi connectivity index (χ0n) is 14.4. The van der Waals surface area contributed by atoms with Crippen LogP contribution in [-0.4, -0.2) is 36.3 Å². The molecule has 0 bridgehead atoms. The largest absolute Gasteiger partial charge is 0.486 e. The number of hydrogen-bond acceptors (Lipinski definition) is 6. The molecule has 2 aliphatic heterocycles. The van der Waals surface area contributed by atoms with E-state index in [0.717, 1.165) is 52.2 Å². The molecule has 5 nitrogen and oxygen atoms in total. The fraction of sp³-hybridized carbons (Fsp3) is 0.300. The van der Waals surface area contributed by atoms with Crippen molar-refractivity contribution in [3.05, 3.63) is 41.9 Å². The molecule has 0 aliphatic carbocycles. The summed E-state index contributed by atoms with van der Waals surface area (Å²) in [5.41, 5.74) is 3.13. The predicted molar refractivity (Wildman–Crippen MR) is 103 cm³/mol. The monoisotopic (exact) mass is 365 g/mol. The van der Waals surface area contributed by atoms with Gasteiger partial charge in [-0.3, -0.25) is 0 Å². The molecule has 0 N–H and O–H groups in total. The lowest BCUT2D eigenvalue weighted by Crippen LogP contribution is -2.18. The van der Waals surface area contributed by atoms with Crippen LogP contribution in [0.25, 0.3) is 21.8 Å². The van der Waals surface area contributed by atoms with Crippen molar-refractivity contribution in [1.29, 1.82) is 0 Å². The molecule has 0 saturated carbocycles. The molecule has 2 aliphatic rings. The second-order valence-corrected chi connectivity index (χ2v) is 7.35. The molecular formula is C20H19N3O2S. The van der Waals surface area contributed by atoms with Crippen LogP contribution in [0.2, 0.25) is 0 Å². The summed E-state index contributed by atoms with van der Waals surface area (Å²) in [6.07, 6.45) is 4.38. The Bertz CT molecular complexity index is 934. The molecule has 4 heterocycles. The van der Waals surface area contributed by atoms with Crippen LogP contribution in [0.4, 0.5) is 5.82 Å². The van der Waals surface area contributed by atoms with Crippen LogP contribution >= 0.6 is 11.3 Å². The van der Waals surface area contributed by atoms with Gasteiger partial charge < -0.3 is 14.4 Å². The lowest BCUT2D eigenvalue weighted by Gasteiger charge is -2.18. The standard InChI is InChI=1S/C20H19N3O2S/c1-2-8-23(7-1)19-12-15(5-6-21-19)20-22-16(13-26-20)14-3-4-17-18(11-14)25-10-9-24-17/h3-6,11-13H,1-2,7-10H2. The van der Waals surface area contributed by atoms with E-state index in [0.29, 0.717) is 13.2 Å². The van der Waals surface area contributed by atoms with Gasteiger partial charge in [0.25, 0.3) is 0 Å². The van der Waals surface area contributed by atoms with Gasteiger partial charge in [0, 0.05) is 35.8 Å². The molecule has 0 radical (unpaired) electrons. The average Bonchev–Trinajstić information content (AvgIpc) is 3.40. The summed E-state index contributed by atoms with van der Waals surface area (Å²) in [6.45, 7) is 3.39. The lowest BCUT2D eigenvalue weighted by atomic mass is 10.1. The number of thiazole rings is 1. The quantitative estimate of drug-likeness (QED) is 0.695. The van der Waals surface area contributed by atoms with Crippen molar-refractivity contribution in [1.82, 2.24) is 9.97 Å². The Morgan fingerprint density at radius 3 is 2.65 bits per heavy atom. The SMILES string of the molecule is c1cc(-c2nc(-c3ccc4c(c3)OCCO4)cs2)cc(N2CCCC2)n1. The Labute approximate surface area is 156 Å². The van der Waals surface area contributed by atoms with Gasteiger partial charge in [-0.05, 0) is 43.2 Å². The zero-order valence-corrected chi connectivity index (χ0v) is 15.2. The molecule has 2 aromatic heterocycles. The number of ether oxygens (including phenoxy) is 2. The molecule has 1 aromatic carbocycles. The van der Waals surface area contributed by atoms with Gasteiger partial charge in [-0.15, -0.1) is 11.3 Å². The molecule has 0 atom stereocenters. The summed E-state index contributed by atoms with van der Waals surface area (Å²) in [6, 6.07) is 10.2. The highest BCUT2D eigenvalue weighted by atomic mass is 32.1. The number of aromatic nitrogens is 2. The number of fused-ring (bicyclic) bond motifs is 1.